The van der Waals surface area contributed by atoms with Crippen molar-refractivity contribution >= 4 is 11.1 Å². The number of hydrogen-bond donors (Lipinski definition) is 1. The van der Waals surface area contributed by atoms with Crippen molar-refractivity contribution in [2.45, 2.75) is 11.8 Å². The van der Waals surface area contributed by atoms with Gasteiger partial charge in [-0.15, -0.1) is 0 Å². The number of benzene rings is 2. The summed E-state index contributed by atoms with van der Waals surface area (Å²) in [6.45, 7) is 2.05. The largest absolute Gasteiger partial charge is 0.302 e. The maximum absolute atomic E-state index is 10.8. The SMILES string of the molecule is Cc1ccccc1-c1ccc(S(=O)O)cc1. The Labute approximate surface area is 97.2 Å². The van der Waals surface area contributed by atoms with E-state index in [-0.39, 0.29) is 0 Å². The average molecular weight is 232 g/mol. The van der Waals surface area contributed by atoms with Crippen LogP contribution in [0, 0.1) is 6.92 Å². The first-order valence-electron chi connectivity index (χ1n) is 4.95. The molecule has 0 aromatic heterocycles. The number of aryl methyl sites for hydroxylation is 1. The van der Waals surface area contributed by atoms with Crippen LogP contribution in [-0.2, 0) is 11.1 Å². The van der Waals surface area contributed by atoms with E-state index in [0.717, 1.165) is 11.1 Å². The molecule has 82 valence electrons. The van der Waals surface area contributed by atoms with E-state index in [0.29, 0.717) is 4.90 Å². The molecule has 0 saturated heterocycles. The van der Waals surface area contributed by atoms with Crippen LogP contribution < -0.4 is 0 Å². The monoisotopic (exact) mass is 232 g/mol. The second-order valence-corrected chi connectivity index (χ2v) is 4.56. The van der Waals surface area contributed by atoms with Gasteiger partial charge in [-0.2, -0.15) is 0 Å². The van der Waals surface area contributed by atoms with Crippen LogP contribution in [-0.4, -0.2) is 8.76 Å². The summed E-state index contributed by atoms with van der Waals surface area (Å²) in [4.78, 5) is 0.428. The van der Waals surface area contributed by atoms with Crippen molar-refractivity contribution in [2.75, 3.05) is 0 Å². The van der Waals surface area contributed by atoms with Gasteiger partial charge in [-0.25, -0.2) is 4.21 Å². The van der Waals surface area contributed by atoms with Gasteiger partial charge in [-0.3, -0.25) is 0 Å². The van der Waals surface area contributed by atoms with E-state index in [4.69, 9.17) is 4.55 Å². The van der Waals surface area contributed by atoms with E-state index in [1.165, 1.54) is 5.56 Å². The lowest BCUT2D eigenvalue weighted by Crippen LogP contribution is -1.88. The first-order valence-corrected chi connectivity index (χ1v) is 6.06. The summed E-state index contributed by atoms with van der Waals surface area (Å²) in [6, 6.07) is 15.2. The van der Waals surface area contributed by atoms with Crippen molar-refractivity contribution in [1.29, 1.82) is 0 Å². The van der Waals surface area contributed by atoms with Gasteiger partial charge in [0.25, 0.3) is 0 Å². The summed E-state index contributed by atoms with van der Waals surface area (Å²) in [5, 5.41) is 0. The third-order valence-corrected chi connectivity index (χ3v) is 3.19. The van der Waals surface area contributed by atoms with Crippen LogP contribution >= 0.6 is 0 Å². The molecule has 1 unspecified atom stereocenters. The van der Waals surface area contributed by atoms with Crippen LogP contribution in [0.4, 0.5) is 0 Å². The van der Waals surface area contributed by atoms with Gasteiger partial charge in [0.1, 0.15) is 0 Å². The molecule has 0 fully saturated rings. The summed E-state index contributed by atoms with van der Waals surface area (Å²) in [5.74, 6) is 0. The van der Waals surface area contributed by atoms with E-state index < -0.39 is 11.1 Å². The number of rotatable bonds is 2. The van der Waals surface area contributed by atoms with Crippen LogP contribution in [0.1, 0.15) is 5.56 Å². The molecule has 2 nitrogen and oxygen atoms in total. The second-order valence-electron chi connectivity index (χ2n) is 3.59. The Hall–Kier alpha value is -1.45. The molecule has 0 saturated carbocycles. The van der Waals surface area contributed by atoms with E-state index in [9.17, 15) is 4.21 Å². The van der Waals surface area contributed by atoms with Crippen LogP contribution in [0.2, 0.25) is 0 Å². The first kappa shape index (κ1) is 11.0. The lowest BCUT2D eigenvalue weighted by molar-refractivity contribution is 0.564. The van der Waals surface area contributed by atoms with Gasteiger partial charge in [-0.05, 0) is 35.7 Å². The van der Waals surface area contributed by atoms with Crippen molar-refractivity contribution in [3.63, 3.8) is 0 Å². The molecule has 2 rings (SSSR count). The predicted octanol–water partition coefficient (Wildman–Crippen LogP) is 3.24. The Balaban J connectivity index is 2.43. The minimum absolute atomic E-state index is 0.428. The smallest absolute Gasteiger partial charge is 0.186 e. The second kappa shape index (κ2) is 4.60. The maximum Gasteiger partial charge on any atom is 0.186 e. The molecule has 3 heteroatoms. The Morgan fingerprint density at radius 2 is 1.62 bits per heavy atom. The molecule has 2 aromatic carbocycles. The van der Waals surface area contributed by atoms with Gasteiger partial charge < -0.3 is 4.55 Å². The molecule has 0 aliphatic rings. The molecule has 0 radical (unpaired) electrons. The average Bonchev–Trinajstić information content (AvgIpc) is 2.30. The highest BCUT2D eigenvalue weighted by Crippen LogP contribution is 2.23. The zero-order valence-electron chi connectivity index (χ0n) is 8.88. The van der Waals surface area contributed by atoms with Crippen molar-refractivity contribution in [3.8, 4) is 11.1 Å². The number of hydrogen-bond acceptors (Lipinski definition) is 1. The van der Waals surface area contributed by atoms with Crippen LogP contribution in [0.5, 0.6) is 0 Å². The van der Waals surface area contributed by atoms with Gasteiger partial charge >= 0.3 is 0 Å². The Bertz CT molecular complexity index is 518. The molecule has 0 aliphatic carbocycles. The Kier molecular flexibility index (Phi) is 3.17. The molecule has 0 spiro atoms. The standard InChI is InChI=1S/C13H12O2S/c1-10-4-2-3-5-13(10)11-6-8-12(9-7-11)16(14)15/h2-9H,1H3,(H,14,15). The molecule has 0 heterocycles. The van der Waals surface area contributed by atoms with E-state index in [1.807, 2.05) is 43.3 Å². The minimum atomic E-state index is -1.90. The summed E-state index contributed by atoms with van der Waals surface area (Å²) in [7, 11) is 0. The fourth-order valence-corrected chi connectivity index (χ4v) is 2.02. The molecule has 0 bridgehead atoms. The summed E-state index contributed by atoms with van der Waals surface area (Å²) in [5.41, 5.74) is 3.41. The fraction of sp³-hybridized carbons (Fsp3) is 0.0769. The van der Waals surface area contributed by atoms with Crippen molar-refractivity contribution in [3.05, 3.63) is 54.1 Å². The molecule has 1 atom stereocenters. The molecule has 2 aromatic rings. The van der Waals surface area contributed by atoms with Gasteiger partial charge in [0, 0.05) is 0 Å². The maximum atomic E-state index is 10.8. The molecule has 1 N–H and O–H groups in total. The van der Waals surface area contributed by atoms with E-state index >= 15 is 0 Å². The van der Waals surface area contributed by atoms with Gasteiger partial charge in [-0.1, -0.05) is 36.4 Å². The van der Waals surface area contributed by atoms with Crippen molar-refractivity contribution < 1.29 is 8.76 Å². The minimum Gasteiger partial charge on any atom is -0.302 e. The highest BCUT2D eigenvalue weighted by molar-refractivity contribution is 7.79. The highest BCUT2D eigenvalue weighted by atomic mass is 32.2. The topological polar surface area (TPSA) is 37.3 Å². The molecular formula is C13H12O2S. The summed E-state index contributed by atoms with van der Waals surface area (Å²) >= 11 is -1.90. The van der Waals surface area contributed by atoms with E-state index in [1.54, 1.807) is 12.1 Å². The van der Waals surface area contributed by atoms with Crippen LogP contribution in [0.3, 0.4) is 0 Å². The zero-order valence-corrected chi connectivity index (χ0v) is 9.70. The highest BCUT2D eigenvalue weighted by Gasteiger charge is 2.02. The third-order valence-electron chi connectivity index (χ3n) is 2.51. The van der Waals surface area contributed by atoms with Crippen LogP contribution in [0.25, 0.3) is 11.1 Å². The Morgan fingerprint density at radius 1 is 1.00 bits per heavy atom. The fourth-order valence-electron chi connectivity index (χ4n) is 1.65. The van der Waals surface area contributed by atoms with Crippen molar-refractivity contribution in [2.24, 2.45) is 0 Å². The Morgan fingerprint density at radius 3 is 2.19 bits per heavy atom. The lowest BCUT2D eigenvalue weighted by atomic mass is 10.0. The molecule has 16 heavy (non-hydrogen) atoms. The lowest BCUT2D eigenvalue weighted by Gasteiger charge is -2.05. The summed E-state index contributed by atoms with van der Waals surface area (Å²) in [6.07, 6.45) is 0. The van der Waals surface area contributed by atoms with Gasteiger partial charge in [0.15, 0.2) is 11.1 Å². The van der Waals surface area contributed by atoms with Crippen molar-refractivity contribution in [1.82, 2.24) is 0 Å². The normalized spacial score (nSPS) is 12.4. The van der Waals surface area contributed by atoms with E-state index in [2.05, 4.69) is 0 Å². The summed E-state index contributed by atoms with van der Waals surface area (Å²) < 4.78 is 19.7. The van der Waals surface area contributed by atoms with Crippen LogP contribution in [0.15, 0.2) is 53.4 Å². The molecular weight excluding hydrogens is 220 g/mol. The first-order chi connectivity index (χ1) is 7.68. The zero-order chi connectivity index (χ0) is 11.5. The van der Waals surface area contributed by atoms with Gasteiger partial charge in [0.2, 0.25) is 0 Å². The molecule has 0 aliphatic heterocycles. The predicted molar refractivity (Wildman–Crippen MR) is 65.7 cm³/mol. The quantitative estimate of drug-likeness (QED) is 0.807. The molecule has 0 amide bonds. The van der Waals surface area contributed by atoms with Gasteiger partial charge in [0.05, 0.1) is 4.90 Å². The third kappa shape index (κ3) is 2.21.